The normalized spacial score (nSPS) is 13.8. The van der Waals surface area contributed by atoms with Gasteiger partial charge in [-0.05, 0) is 13.0 Å². The molecular weight excluding hydrogens is 270 g/mol. The first-order valence-corrected chi connectivity index (χ1v) is 6.78. The summed E-state index contributed by atoms with van der Waals surface area (Å²) in [5, 5.41) is 16.0. The number of amides is 1. The Hall–Kier alpha value is -2.34. The van der Waals surface area contributed by atoms with E-state index in [1.165, 1.54) is 6.92 Å². The van der Waals surface area contributed by atoms with Gasteiger partial charge in [-0.15, -0.1) is 0 Å². The first-order chi connectivity index (χ1) is 9.99. The number of H-pyrrole nitrogens is 1. The number of carbonyl (C=O) groups excluding carboxylic acids is 1. The molecule has 0 radical (unpaired) electrons. The molecule has 6 nitrogen and oxygen atoms in total. The SMILES string of the molecule is CC(=O)NC(C)CNC(C(=O)O)c1c[nH]c2ccccc12. The number of carboxylic acid groups (broad SMARTS) is 1. The minimum atomic E-state index is -0.949. The van der Waals surface area contributed by atoms with E-state index in [4.69, 9.17) is 0 Å². The molecule has 2 unspecified atom stereocenters. The Morgan fingerprint density at radius 2 is 2.05 bits per heavy atom. The van der Waals surface area contributed by atoms with Gasteiger partial charge >= 0.3 is 5.97 Å². The van der Waals surface area contributed by atoms with Gasteiger partial charge in [0.2, 0.25) is 5.91 Å². The predicted octanol–water partition coefficient (Wildman–Crippen LogP) is 1.41. The molecule has 0 fully saturated rings. The molecule has 1 amide bonds. The number of carboxylic acids is 1. The summed E-state index contributed by atoms with van der Waals surface area (Å²) in [4.78, 5) is 25.6. The van der Waals surface area contributed by atoms with Gasteiger partial charge in [-0.2, -0.15) is 0 Å². The van der Waals surface area contributed by atoms with Crippen molar-refractivity contribution in [2.24, 2.45) is 0 Å². The lowest BCUT2D eigenvalue weighted by Gasteiger charge is -2.18. The molecule has 112 valence electrons. The molecule has 0 aliphatic carbocycles. The Morgan fingerprint density at radius 3 is 2.71 bits per heavy atom. The molecule has 0 spiro atoms. The summed E-state index contributed by atoms with van der Waals surface area (Å²) in [6, 6.07) is 6.59. The van der Waals surface area contributed by atoms with Crippen molar-refractivity contribution < 1.29 is 14.7 Å². The number of rotatable bonds is 6. The van der Waals surface area contributed by atoms with Gasteiger partial charge < -0.3 is 15.4 Å². The highest BCUT2D eigenvalue weighted by Gasteiger charge is 2.23. The van der Waals surface area contributed by atoms with Crippen LogP contribution in [0, 0.1) is 0 Å². The molecule has 0 aliphatic rings. The largest absolute Gasteiger partial charge is 0.480 e. The van der Waals surface area contributed by atoms with Crippen molar-refractivity contribution in [3.05, 3.63) is 36.0 Å². The number of nitrogens with one attached hydrogen (secondary N) is 3. The van der Waals surface area contributed by atoms with Gasteiger partial charge in [-0.25, -0.2) is 0 Å². The van der Waals surface area contributed by atoms with Gasteiger partial charge in [-0.3, -0.25) is 14.9 Å². The summed E-state index contributed by atoms with van der Waals surface area (Å²) in [6.07, 6.45) is 1.71. The van der Waals surface area contributed by atoms with Crippen LogP contribution in [0.5, 0.6) is 0 Å². The second-order valence-corrected chi connectivity index (χ2v) is 5.07. The summed E-state index contributed by atoms with van der Waals surface area (Å²) < 4.78 is 0. The summed E-state index contributed by atoms with van der Waals surface area (Å²) in [5.74, 6) is -1.09. The van der Waals surface area contributed by atoms with Crippen molar-refractivity contribution >= 4 is 22.8 Å². The second-order valence-electron chi connectivity index (χ2n) is 5.07. The zero-order chi connectivity index (χ0) is 15.4. The number of para-hydroxylation sites is 1. The molecule has 4 N–H and O–H groups in total. The van der Waals surface area contributed by atoms with Crippen LogP contribution in [0.1, 0.15) is 25.5 Å². The molecule has 1 aromatic carbocycles. The van der Waals surface area contributed by atoms with E-state index in [2.05, 4.69) is 15.6 Å². The molecule has 2 atom stereocenters. The van der Waals surface area contributed by atoms with Crippen LogP contribution in [0.4, 0.5) is 0 Å². The van der Waals surface area contributed by atoms with Crippen LogP contribution in [-0.4, -0.2) is 34.6 Å². The molecule has 0 bridgehead atoms. The van der Waals surface area contributed by atoms with Crippen molar-refractivity contribution in [2.45, 2.75) is 25.9 Å². The van der Waals surface area contributed by atoms with Gasteiger partial charge in [0.15, 0.2) is 0 Å². The van der Waals surface area contributed by atoms with Crippen LogP contribution in [0.2, 0.25) is 0 Å². The van der Waals surface area contributed by atoms with Crippen molar-refractivity contribution in [2.75, 3.05) is 6.54 Å². The Morgan fingerprint density at radius 1 is 1.33 bits per heavy atom. The lowest BCUT2D eigenvalue weighted by molar-refractivity contribution is -0.139. The van der Waals surface area contributed by atoms with Crippen LogP contribution >= 0.6 is 0 Å². The lowest BCUT2D eigenvalue weighted by atomic mass is 10.1. The molecular formula is C15H19N3O3. The van der Waals surface area contributed by atoms with E-state index in [1.54, 1.807) is 6.20 Å². The van der Waals surface area contributed by atoms with Crippen molar-refractivity contribution in [1.82, 2.24) is 15.6 Å². The maximum Gasteiger partial charge on any atom is 0.325 e. The lowest BCUT2D eigenvalue weighted by Crippen LogP contribution is -2.41. The minimum Gasteiger partial charge on any atom is -0.480 e. The minimum absolute atomic E-state index is 0.136. The predicted molar refractivity (Wildman–Crippen MR) is 80.0 cm³/mol. The highest BCUT2D eigenvalue weighted by atomic mass is 16.4. The van der Waals surface area contributed by atoms with Crippen LogP contribution in [0.3, 0.4) is 0 Å². The number of hydrogen-bond acceptors (Lipinski definition) is 3. The first-order valence-electron chi connectivity index (χ1n) is 6.78. The van der Waals surface area contributed by atoms with Gasteiger partial charge in [0.25, 0.3) is 0 Å². The number of hydrogen-bond donors (Lipinski definition) is 4. The third-order valence-electron chi connectivity index (χ3n) is 3.26. The smallest absolute Gasteiger partial charge is 0.325 e. The average molecular weight is 289 g/mol. The van der Waals surface area contributed by atoms with E-state index in [0.717, 1.165) is 10.9 Å². The van der Waals surface area contributed by atoms with Gasteiger partial charge in [0.1, 0.15) is 6.04 Å². The molecule has 2 rings (SSSR count). The van der Waals surface area contributed by atoms with Crippen LogP contribution in [0.15, 0.2) is 30.5 Å². The maximum atomic E-state index is 11.5. The third-order valence-corrected chi connectivity index (χ3v) is 3.26. The summed E-state index contributed by atoms with van der Waals surface area (Å²) >= 11 is 0. The fourth-order valence-electron chi connectivity index (χ4n) is 2.36. The summed E-state index contributed by atoms with van der Waals surface area (Å²) in [5.41, 5.74) is 1.59. The number of fused-ring (bicyclic) bond motifs is 1. The molecule has 1 heterocycles. The number of aromatic amines is 1. The van der Waals surface area contributed by atoms with E-state index in [0.29, 0.717) is 12.1 Å². The van der Waals surface area contributed by atoms with E-state index in [1.807, 2.05) is 31.2 Å². The Balaban J connectivity index is 2.16. The Kier molecular flexibility index (Phi) is 4.59. The van der Waals surface area contributed by atoms with Gasteiger partial charge in [-0.1, -0.05) is 18.2 Å². The number of aromatic nitrogens is 1. The number of aliphatic carboxylic acids is 1. The molecule has 0 saturated carbocycles. The van der Waals surface area contributed by atoms with E-state index < -0.39 is 12.0 Å². The molecule has 0 aliphatic heterocycles. The third kappa shape index (κ3) is 3.61. The first kappa shape index (κ1) is 15.1. The zero-order valence-electron chi connectivity index (χ0n) is 12.0. The molecule has 1 aromatic heterocycles. The van der Waals surface area contributed by atoms with Crippen LogP contribution < -0.4 is 10.6 Å². The van der Waals surface area contributed by atoms with E-state index >= 15 is 0 Å². The average Bonchev–Trinajstić information content (AvgIpc) is 2.82. The monoisotopic (exact) mass is 289 g/mol. The van der Waals surface area contributed by atoms with Crippen molar-refractivity contribution in [3.8, 4) is 0 Å². The number of benzene rings is 1. The summed E-state index contributed by atoms with van der Waals surface area (Å²) in [7, 11) is 0. The molecule has 6 heteroatoms. The van der Waals surface area contributed by atoms with E-state index in [-0.39, 0.29) is 11.9 Å². The fourth-order valence-corrected chi connectivity index (χ4v) is 2.36. The maximum absolute atomic E-state index is 11.5. The summed E-state index contributed by atoms with van der Waals surface area (Å²) in [6.45, 7) is 3.63. The highest BCUT2D eigenvalue weighted by Crippen LogP contribution is 2.24. The Bertz CT molecular complexity index is 650. The van der Waals surface area contributed by atoms with E-state index in [9.17, 15) is 14.7 Å². The zero-order valence-corrected chi connectivity index (χ0v) is 12.0. The Labute approximate surface area is 122 Å². The van der Waals surface area contributed by atoms with Gasteiger partial charge in [0, 0.05) is 42.2 Å². The highest BCUT2D eigenvalue weighted by molar-refractivity contribution is 5.89. The number of carbonyl (C=O) groups is 2. The molecule has 0 saturated heterocycles. The van der Waals surface area contributed by atoms with Gasteiger partial charge in [0.05, 0.1) is 0 Å². The standard InChI is InChI=1S/C15H19N3O3/c1-9(18-10(2)19)7-17-14(15(20)21)12-8-16-13-6-4-3-5-11(12)13/h3-6,8-9,14,16-17H,7H2,1-2H3,(H,18,19)(H,20,21). The molecule has 2 aromatic rings. The van der Waals surface area contributed by atoms with Crippen molar-refractivity contribution in [3.63, 3.8) is 0 Å². The van der Waals surface area contributed by atoms with Crippen LogP contribution in [-0.2, 0) is 9.59 Å². The second kappa shape index (κ2) is 6.41. The van der Waals surface area contributed by atoms with Crippen LogP contribution in [0.25, 0.3) is 10.9 Å². The quantitative estimate of drug-likeness (QED) is 0.646. The van der Waals surface area contributed by atoms with Crippen molar-refractivity contribution in [1.29, 1.82) is 0 Å². The fraction of sp³-hybridized carbons (Fsp3) is 0.333. The molecule has 21 heavy (non-hydrogen) atoms. The topological polar surface area (TPSA) is 94.2 Å².